The van der Waals surface area contributed by atoms with E-state index in [0.29, 0.717) is 0 Å². The number of nitrogens with zero attached hydrogens (tertiary/aromatic N) is 1. The molecule has 0 N–H and O–H groups in total. The van der Waals surface area contributed by atoms with E-state index < -0.39 is 6.04 Å². The highest BCUT2D eigenvalue weighted by molar-refractivity contribution is 5.78. The Balaban J connectivity index is 1.76. The van der Waals surface area contributed by atoms with E-state index in [4.69, 9.17) is 9.47 Å². The zero-order valence-electron chi connectivity index (χ0n) is 16.4. The molecule has 1 fully saturated rings. The lowest BCUT2D eigenvalue weighted by atomic mass is 9.95. The molecule has 2 aromatic rings. The van der Waals surface area contributed by atoms with Crippen LogP contribution in [0.1, 0.15) is 36.9 Å². The molecule has 1 aliphatic heterocycles. The van der Waals surface area contributed by atoms with E-state index in [1.165, 1.54) is 7.11 Å². The SMILES string of the molecule is COC(=O)C[C@@H]1CCN([C@@H](C)c2ccccc2)[C@@H]1C(=O)OCc1ccccc1. The number of methoxy groups -OCH3 is 1. The topological polar surface area (TPSA) is 55.8 Å². The van der Waals surface area contributed by atoms with Gasteiger partial charge in [-0.15, -0.1) is 0 Å². The van der Waals surface area contributed by atoms with Crippen LogP contribution in [0.4, 0.5) is 0 Å². The highest BCUT2D eigenvalue weighted by Crippen LogP contribution is 2.35. The third-order valence-electron chi connectivity index (χ3n) is 5.46. The predicted molar refractivity (Wildman–Crippen MR) is 106 cm³/mol. The van der Waals surface area contributed by atoms with E-state index >= 15 is 0 Å². The lowest BCUT2D eigenvalue weighted by molar-refractivity contribution is -0.153. The summed E-state index contributed by atoms with van der Waals surface area (Å²) in [4.78, 5) is 27.0. The van der Waals surface area contributed by atoms with Crippen molar-refractivity contribution < 1.29 is 19.1 Å². The fourth-order valence-corrected chi connectivity index (χ4v) is 3.89. The van der Waals surface area contributed by atoms with Crippen molar-refractivity contribution in [3.63, 3.8) is 0 Å². The molecule has 5 nitrogen and oxygen atoms in total. The van der Waals surface area contributed by atoms with Crippen LogP contribution in [-0.2, 0) is 25.7 Å². The summed E-state index contributed by atoms with van der Waals surface area (Å²) >= 11 is 0. The maximum Gasteiger partial charge on any atom is 0.324 e. The number of esters is 2. The molecular formula is C23H27NO4. The van der Waals surface area contributed by atoms with Crippen molar-refractivity contribution in [1.82, 2.24) is 4.90 Å². The molecule has 28 heavy (non-hydrogen) atoms. The first-order valence-electron chi connectivity index (χ1n) is 9.68. The van der Waals surface area contributed by atoms with E-state index in [2.05, 4.69) is 24.0 Å². The molecule has 2 aromatic carbocycles. The Labute approximate surface area is 166 Å². The second-order valence-corrected chi connectivity index (χ2v) is 7.19. The van der Waals surface area contributed by atoms with Gasteiger partial charge in [-0.1, -0.05) is 60.7 Å². The summed E-state index contributed by atoms with van der Waals surface area (Å²) in [6.07, 6.45) is 0.983. The number of hydrogen-bond donors (Lipinski definition) is 0. The summed E-state index contributed by atoms with van der Waals surface area (Å²) in [6.45, 7) is 3.06. The molecule has 5 heteroatoms. The molecule has 0 aromatic heterocycles. The van der Waals surface area contributed by atoms with E-state index in [1.54, 1.807) is 0 Å². The van der Waals surface area contributed by atoms with Gasteiger partial charge in [0, 0.05) is 6.04 Å². The van der Waals surface area contributed by atoms with Gasteiger partial charge in [-0.05, 0) is 36.9 Å². The largest absolute Gasteiger partial charge is 0.469 e. The fourth-order valence-electron chi connectivity index (χ4n) is 3.89. The van der Waals surface area contributed by atoms with Crippen LogP contribution in [0, 0.1) is 5.92 Å². The van der Waals surface area contributed by atoms with Gasteiger partial charge >= 0.3 is 11.9 Å². The minimum absolute atomic E-state index is 0.0538. The number of benzene rings is 2. The number of rotatable bonds is 7. The quantitative estimate of drug-likeness (QED) is 0.684. The second-order valence-electron chi connectivity index (χ2n) is 7.19. The summed E-state index contributed by atoms with van der Waals surface area (Å²) in [6, 6.07) is 19.3. The first-order valence-corrected chi connectivity index (χ1v) is 9.68. The zero-order valence-corrected chi connectivity index (χ0v) is 16.4. The maximum atomic E-state index is 13.0. The number of ether oxygens (including phenoxy) is 2. The Morgan fingerprint density at radius 1 is 1.07 bits per heavy atom. The lowest BCUT2D eigenvalue weighted by Crippen LogP contribution is -2.42. The van der Waals surface area contributed by atoms with Gasteiger partial charge in [0.15, 0.2) is 0 Å². The maximum absolute atomic E-state index is 13.0. The van der Waals surface area contributed by atoms with Crippen LogP contribution in [0.25, 0.3) is 0 Å². The molecule has 0 amide bonds. The number of likely N-dealkylation sites (tertiary alicyclic amines) is 1. The first kappa shape index (κ1) is 20.1. The number of carbonyl (C=O) groups excluding carboxylic acids is 2. The van der Waals surface area contributed by atoms with Crippen LogP contribution in [-0.4, -0.2) is 36.5 Å². The molecule has 0 aliphatic carbocycles. The second kappa shape index (κ2) is 9.51. The summed E-state index contributed by atoms with van der Waals surface area (Å²) < 4.78 is 10.5. The highest BCUT2D eigenvalue weighted by Gasteiger charge is 2.43. The highest BCUT2D eigenvalue weighted by atomic mass is 16.5. The predicted octanol–water partition coefficient (Wildman–Crippen LogP) is 3.74. The molecule has 1 saturated heterocycles. The van der Waals surface area contributed by atoms with Crippen molar-refractivity contribution >= 4 is 11.9 Å². The van der Waals surface area contributed by atoms with Gasteiger partial charge in [-0.3, -0.25) is 14.5 Å². The minimum atomic E-state index is -0.460. The third kappa shape index (κ3) is 4.78. The van der Waals surface area contributed by atoms with Gasteiger partial charge < -0.3 is 9.47 Å². The van der Waals surface area contributed by atoms with E-state index in [1.807, 2.05) is 48.5 Å². The Kier molecular flexibility index (Phi) is 6.82. The Bertz CT molecular complexity index is 778. The Morgan fingerprint density at radius 2 is 1.71 bits per heavy atom. The number of carbonyl (C=O) groups is 2. The van der Waals surface area contributed by atoms with Crippen molar-refractivity contribution in [3.05, 3.63) is 71.8 Å². The van der Waals surface area contributed by atoms with E-state index in [9.17, 15) is 9.59 Å². The zero-order chi connectivity index (χ0) is 19.9. The first-order chi connectivity index (χ1) is 13.6. The van der Waals surface area contributed by atoms with Crippen LogP contribution >= 0.6 is 0 Å². The molecule has 0 unspecified atom stereocenters. The molecule has 0 bridgehead atoms. The summed E-state index contributed by atoms with van der Waals surface area (Å²) in [5, 5.41) is 0. The molecule has 3 rings (SSSR count). The number of hydrogen-bond acceptors (Lipinski definition) is 5. The molecule has 3 atom stereocenters. The molecule has 0 radical (unpaired) electrons. The van der Waals surface area contributed by atoms with E-state index in [-0.39, 0.29) is 36.9 Å². The van der Waals surface area contributed by atoms with Crippen molar-refractivity contribution in [2.45, 2.75) is 38.5 Å². The molecule has 148 valence electrons. The van der Waals surface area contributed by atoms with Crippen LogP contribution in [0.3, 0.4) is 0 Å². The van der Waals surface area contributed by atoms with Gasteiger partial charge in [-0.25, -0.2) is 0 Å². The normalized spacial score (nSPS) is 20.5. The summed E-state index contributed by atoms with van der Waals surface area (Å²) in [5.41, 5.74) is 2.09. The van der Waals surface area contributed by atoms with Gasteiger partial charge in [0.1, 0.15) is 12.6 Å². The Morgan fingerprint density at radius 3 is 2.36 bits per heavy atom. The fraction of sp³-hybridized carbons (Fsp3) is 0.391. The Hall–Kier alpha value is -2.66. The van der Waals surface area contributed by atoms with Gasteiger partial charge in [0.2, 0.25) is 0 Å². The van der Waals surface area contributed by atoms with Gasteiger partial charge in [0.25, 0.3) is 0 Å². The standard InChI is InChI=1S/C23H27NO4/c1-17(19-11-7-4-8-12-19)24-14-13-20(15-21(25)27-2)22(24)23(26)28-16-18-9-5-3-6-10-18/h3-12,17,20,22H,13-16H2,1-2H3/t17-,20-,22-/m0/s1. The molecule has 0 saturated carbocycles. The van der Waals surface area contributed by atoms with Crippen LogP contribution in [0.2, 0.25) is 0 Å². The lowest BCUT2D eigenvalue weighted by Gasteiger charge is -2.31. The summed E-state index contributed by atoms with van der Waals surface area (Å²) in [5.74, 6) is -0.681. The molecule has 1 aliphatic rings. The van der Waals surface area contributed by atoms with Crippen LogP contribution in [0.5, 0.6) is 0 Å². The molecule has 1 heterocycles. The van der Waals surface area contributed by atoms with Crippen molar-refractivity contribution in [1.29, 1.82) is 0 Å². The molecular weight excluding hydrogens is 354 g/mol. The van der Waals surface area contributed by atoms with Crippen molar-refractivity contribution in [2.24, 2.45) is 5.92 Å². The third-order valence-corrected chi connectivity index (χ3v) is 5.46. The average Bonchev–Trinajstić information content (AvgIpc) is 3.16. The van der Waals surface area contributed by atoms with Gasteiger partial charge in [0.05, 0.1) is 13.5 Å². The van der Waals surface area contributed by atoms with Gasteiger partial charge in [-0.2, -0.15) is 0 Å². The molecule has 0 spiro atoms. The van der Waals surface area contributed by atoms with Crippen molar-refractivity contribution in [3.8, 4) is 0 Å². The van der Waals surface area contributed by atoms with Crippen molar-refractivity contribution in [2.75, 3.05) is 13.7 Å². The van der Waals surface area contributed by atoms with E-state index in [0.717, 1.165) is 24.1 Å². The van der Waals surface area contributed by atoms with Crippen LogP contribution in [0.15, 0.2) is 60.7 Å². The minimum Gasteiger partial charge on any atom is -0.469 e. The monoisotopic (exact) mass is 381 g/mol. The smallest absolute Gasteiger partial charge is 0.324 e. The summed E-state index contributed by atoms with van der Waals surface area (Å²) in [7, 11) is 1.38. The average molecular weight is 381 g/mol. The van der Waals surface area contributed by atoms with Crippen LogP contribution < -0.4 is 0 Å².